The number of carbonyl (C=O) groups is 2. The third kappa shape index (κ3) is 4.97. The number of halogens is 3. The van der Waals surface area contributed by atoms with E-state index in [9.17, 15) is 9.59 Å². The Kier molecular flexibility index (Phi) is 7.56. The second kappa shape index (κ2) is 9.91. The molecule has 1 fully saturated rings. The molecular formula is C23H23Cl3O2. The van der Waals surface area contributed by atoms with Gasteiger partial charge in [-0.2, -0.15) is 0 Å². The Morgan fingerprint density at radius 2 is 1.54 bits per heavy atom. The Balaban J connectivity index is 1.98. The first kappa shape index (κ1) is 21.4. The summed E-state index contributed by atoms with van der Waals surface area (Å²) >= 11 is 19.0. The van der Waals surface area contributed by atoms with Crippen LogP contribution < -0.4 is 0 Å². The first-order chi connectivity index (χ1) is 13.5. The van der Waals surface area contributed by atoms with Gasteiger partial charge >= 0.3 is 0 Å². The van der Waals surface area contributed by atoms with Crippen LogP contribution in [0.5, 0.6) is 0 Å². The number of benzene rings is 2. The summed E-state index contributed by atoms with van der Waals surface area (Å²) in [4.78, 5) is 26.1. The molecule has 0 radical (unpaired) electrons. The molecule has 1 saturated carbocycles. The molecule has 148 valence electrons. The Bertz CT molecular complexity index is 842. The molecule has 2 nitrogen and oxygen atoms in total. The second-order valence-electron chi connectivity index (χ2n) is 7.38. The van der Waals surface area contributed by atoms with Crippen molar-refractivity contribution in [2.75, 3.05) is 0 Å². The van der Waals surface area contributed by atoms with Crippen LogP contribution in [-0.2, 0) is 4.79 Å². The molecule has 3 rings (SSSR count). The lowest BCUT2D eigenvalue weighted by Gasteiger charge is -2.28. The Morgan fingerprint density at radius 3 is 2.25 bits per heavy atom. The maximum atomic E-state index is 13.2. The predicted molar refractivity (Wildman–Crippen MR) is 116 cm³/mol. The first-order valence-electron chi connectivity index (χ1n) is 9.73. The third-order valence-corrected chi connectivity index (χ3v) is 6.51. The minimum atomic E-state index is -0.279. The van der Waals surface area contributed by atoms with Crippen molar-refractivity contribution in [3.05, 3.63) is 68.7 Å². The summed E-state index contributed by atoms with van der Waals surface area (Å²) in [6.45, 7) is 0. The molecule has 0 heterocycles. The molecule has 0 spiro atoms. The quantitative estimate of drug-likeness (QED) is 0.453. The van der Waals surface area contributed by atoms with Crippen LogP contribution in [0.3, 0.4) is 0 Å². The summed E-state index contributed by atoms with van der Waals surface area (Å²) in [6, 6.07) is 12.5. The van der Waals surface area contributed by atoms with Crippen LogP contribution in [0, 0.1) is 5.92 Å². The highest BCUT2D eigenvalue weighted by molar-refractivity contribution is 6.39. The summed E-state index contributed by atoms with van der Waals surface area (Å²) in [5.74, 6) is -0.428. The van der Waals surface area contributed by atoms with Gasteiger partial charge in [-0.25, -0.2) is 0 Å². The third-order valence-electron chi connectivity index (χ3n) is 5.54. The van der Waals surface area contributed by atoms with E-state index < -0.39 is 0 Å². The molecular weight excluding hydrogens is 415 g/mol. The summed E-state index contributed by atoms with van der Waals surface area (Å²) in [7, 11) is 0. The van der Waals surface area contributed by atoms with Gasteiger partial charge in [0.25, 0.3) is 0 Å². The lowest BCUT2D eigenvalue weighted by atomic mass is 9.75. The molecule has 0 saturated heterocycles. The zero-order valence-corrected chi connectivity index (χ0v) is 17.9. The maximum absolute atomic E-state index is 13.2. The van der Waals surface area contributed by atoms with Gasteiger partial charge in [0.05, 0.1) is 15.6 Å². The van der Waals surface area contributed by atoms with Gasteiger partial charge in [0.1, 0.15) is 5.78 Å². The van der Waals surface area contributed by atoms with Crippen LogP contribution in [0.2, 0.25) is 15.1 Å². The molecule has 5 heteroatoms. The van der Waals surface area contributed by atoms with Gasteiger partial charge in [0, 0.05) is 29.7 Å². The summed E-state index contributed by atoms with van der Waals surface area (Å²) in [5.41, 5.74) is 1.17. The van der Waals surface area contributed by atoms with E-state index in [0.29, 0.717) is 27.1 Å². The molecule has 28 heavy (non-hydrogen) atoms. The minimum absolute atomic E-state index is 0.156. The van der Waals surface area contributed by atoms with Crippen molar-refractivity contribution in [2.45, 2.75) is 50.9 Å². The Labute approximate surface area is 181 Å². The van der Waals surface area contributed by atoms with E-state index in [1.54, 1.807) is 18.2 Å². The molecule has 0 N–H and O–H groups in total. The van der Waals surface area contributed by atoms with Gasteiger partial charge in [-0.05, 0) is 36.6 Å². The lowest BCUT2D eigenvalue weighted by molar-refractivity contribution is -0.124. The SMILES string of the molecule is O=C(C[C@H](c1ccccc1Cl)[C@@H]1CCCCCCC1=O)c1c(Cl)cccc1Cl. The van der Waals surface area contributed by atoms with Gasteiger partial charge in [-0.3, -0.25) is 9.59 Å². The first-order valence-corrected chi connectivity index (χ1v) is 10.9. The number of hydrogen-bond acceptors (Lipinski definition) is 2. The Morgan fingerprint density at radius 1 is 0.893 bits per heavy atom. The number of ketones is 2. The van der Waals surface area contributed by atoms with E-state index in [4.69, 9.17) is 34.8 Å². The highest BCUT2D eigenvalue weighted by Gasteiger charge is 2.33. The average molecular weight is 438 g/mol. The zero-order valence-electron chi connectivity index (χ0n) is 15.6. The van der Waals surface area contributed by atoms with Crippen molar-refractivity contribution >= 4 is 46.4 Å². The number of carbonyl (C=O) groups excluding carboxylic acids is 2. The molecule has 0 bridgehead atoms. The highest BCUT2D eigenvalue weighted by atomic mass is 35.5. The van der Waals surface area contributed by atoms with Crippen LogP contribution in [-0.4, -0.2) is 11.6 Å². The van der Waals surface area contributed by atoms with Crippen molar-refractivity contribution in [3.63, 3.8) is 0 Å². The number of hydrogen-bond donors (Lipinski definition) is 0. The molecule has 0 unspecified atom stereocenters. The number of Topliss-reactive ketones (excluding diaryl/α,β-unsaturated/α-hetero) is 2. The van der Waals surface area contributed by atoms with Crippen LogP contribution in [0.1, 0.15) is 66.8 Å². The summed E-state index contributed by atoms with van der Waals surface area (Å²) in [5, 5.41) is 1.25. The fourth-order valence-electron chi connectivity index (χ4n) is 4.10. The molecule has 0 aliphatic heterocycles. The van der Waals surface area contributed by atoms with E-state index in [1.807, 2.05) is 24.3 Å². The van der Waals surface area contributed by atoms with E-state index in [0.717, 1.165) is 37.7 Å². The van der Waals surface area contributed by atoms with Gasteiger partial charge < -0.3 is 0 Å². The minimum Gasteiger partial charge on any atom is -0.299 e. The molecule has 2 aromatic rings. The van der Waals surface area contributed by atoms with Crippen molar-refractivity contribution < 1.29 is 9.59 Å². The second-order valence-corrected chi connectivity index (χ2v) is 8.60. The smallest absolute Gasteiger partial charge is 0.166 e. The normalized spacial score (nSPS) is 19.0. The molecule has 0 aromatic heterocycles. The van der Waals surface area contributed by atoms with Crippen molar-refractivity contribution in [3.8, 4) is 0 Å². The van der Waals surface area contributed by atoms with E-state index >= 15 is 0 Å². The molecule has 1 aliphatic rings. The fourth-order valence-corrected chi connectivity index (χ4v) is 4.98. The van der Waals surface area contributed by atoms with Crippen LogP contribution in [0.25, 0.3) is 0 Å². The highest BCUT2D eigenvalue weighted by Crippen LogP contribution is 2.40. The van der Waals surface area contributed by atoms with Gasteiger partial charge in [-0.1, -0.05) is 78.3 Å². The van der Waals surface area contributed by atoms with Gasteiger partial charge in [0.2, 0.25) is 0 Å². The van der Waals surface area contributed by atoms with Crippen molar-refractivity contribution in [1.82, 2.24) is 0 Å². The Hall–Kier alpha value is -1.35. The summed E-state index contributed by atoms with van der Waals surface area (Å²) in [6.07, 6.45) is 5.59. The van der Waals surface area contributed by atoms with Crippen molar-refractivity contribution in [1.29, 1.82) is 0 Å². The lowest BCUT2D eigenvalue weighted by Crippen LogP contribution is -2.26. The number of rotatable bonds is 5. The average Bonchev–Trinajstić information content (AvgIpc) is 2.64. The van der Waals surface area contributed by atoms with Crippen LogP contribution in [0.4, 0.5) is 0 Å². The van der Waals surface area contributed by atoms with E-state index in [-0.39, 0.29) is 29.8 Å². The van der Waals surface area contributed by atoms with E-state index in [1.165, 1.54) is 0 Å². The molecule has 0 amide bonds. The van der Waals surface area contributed by atoms with Gasteiger partial charge in [-0.15, -0.1) is 0 Å². The van der Waals surface area contributed by atoms with Gasteiger partial charge in [0.15, 0.2) is 5.78 Å². The van der Waals surface area contributed by atoms with Crippen molar-refractivity contribution in [2.24, 2.45) is 5.92 Å². The standard InChI is InChI=1S/C23H23Cl3O2/c24-18-10-6-5-8-15(18)17(16-9-3-1-2-4-13-21(16)27)14-22(28)23-19(25)11-7-12-20(23)26/h5-8,10-12,16-17H,1-4,9,13-14H2/t16-,17+/m0/s1. The largest absolute Gasteiger partial charge is 0.299 e. The van der Waals surface area contributed by atoms with Crippen LogP contribution >= 0.6 is 34.8 Å². The zero-order chi connectivity index (χ0) is 20.1. The molecule has 2 aromatic carbocycles. The monoisotopic (exact) mass is 436 g/mol. The van der Waals surface area contributed by atoms with E-state index in [2.05, 4.69) is 0 Å². The predicted octanol–water partition coefficient (Wildman–Crippen LogP) is 7.54. The molecule has 2 atom stereocenters. The maximum Gasteiger partial charge on any atom is 0.166 e. The topological polar surface area (TPSA) is 34.1 Å². The van der Waals surface area contributed by atoms with Crippen LogP contribution in [0.15, 0.2) is 42.5 Å². The molecule has 1 aliphatic carbocycles. The summed E-state index contributed by atoms with van der Waals surface area (Å²) < 4.78 is 0. The fraction of sp³-hybridized carbons (Fsp3) is 0.391.